The Morgan fingerprint density at radius 2 is 2.00 bits per heavy atom. The Labute approximate surface area is 138 Å². The summed E-state index contributed by atoms with van der Waals surface area (Å²) in [5.41, 5.74) is 4.30. The number of fused-ring (bicyclic) bond motifs is 1. The fourth-order valence-electron chi connectivity index (χ4n) is 3.43. The molecule has 3 nitrogen and oxygen atoms in total. The lowest BCUT2D eigenvalue weighted by molar-refractivity contribution is -0.712. The molecule has 0 aromatic heterocycles. The van der Waals surface area contributed by atoms with Gasteiger partial charge in [0.25, 0.3) is 0 Å². The lowest BCUT2D eigenvalue weighted by Gasteiger charge is -2.23. The average molecular weight is 312 g/mol. The van der Waals surface area contributed by atoms with Crippen molar-refractivity contribution in [3.8, 4) is 11.5 Å². The molecular weight excluding hydrogens is 286 g/mol. The number of rotatable bonds is 6. The van der Waals surface area contributed by atoms with E-state index in [1.807, 2.05) is 13.0 Å². The summed E-state index contributed by atoms with van der Waals surface area (Å²) in [4.78, 5) is 0. The van der Waals surface area contributed by atoms with E-state index in [1.54, 1.807) is 7.11 Å². The van der Waals surface area contributed by atoms with Crippen molar-refractivity contribution in [2.45, 2.75) is 38.8 Å². The van der Waals surface area contributed by atoms with Crippen LogP contribution in [0, 0.1) is 0 Å². The fourth-order valence-corrected chi connectivity index (χ4v) is 3.43. The van der Waals surface area contributed by atoms with Gasteiger partial charge in [-0.15, -0.1) is 0 Å². The molecule has 0 radical (unpaired) electrons. The number of hydrogen-bond acceptors (Lipinski definition) is 2. The highest BCUT2D eigenvalue weighted by molar-refractivity contribution is 5.42. The maximum absolute atomic E-state index is 5.68. The quantitative estimate of drug-likeness (QED) is 0.889. The van der Waals surface area contributed by atoms with Crippen molar-refractivity contribution < 1.29 is 14.8 Å². The Morgan fingerprint density at radius 3 is 2.83 bits per heavy atom. The molecule has 0 heterocycles. The zero-order valence-corrected chi connectivity index (χ0v) is 14.0. The van der Waals surface area contributed by atoms with Gasteiger partial charge in [-0.25, -0.2) is 0 Å². The first-order valence-corrected chi connectivity index (χ1v) is 8.52. The normalized spacial score (nSPS) is 16.7. The molecule has 1 aliphatic rings. The highest BCUT2D eigenvalue weighted by Gasteiger charge is 2.22. The Balaban J connectivity index is 1.70. The zero-order valence-electron chi connectivity index (χ0n) is 14.0. The lowest BCUT2D eigenvalue weighted by atomic mass is 9.87. The summed E-state index contributed by atoms with van der Waals surface area (Å²) in [6, 6.07) is 15.7. The number of quaternary nitrogens is 1. The number of hydrogen-bond donors (Lipinski definition) is 1. The zero-order chi connectivity index (χ0) is 16.1. The van der Waals surface area contributed by atoms with E-state index in [0.717, 1.165) is 18.0 Å². The third-order valence-electron chi connectivity index (χ3n) is 4.58. The van der Waals surface area contributed by atoms with Crippen LogP contribution in [0.3, 0.4) is 0 Å². The van der Waals surface area contributed by atoms with Gasteiger partial charge in [-0.3, -0.25) is 0 Å². The molecule has 0 fully saturated rings. The van der Waals surface area contributed by atoms with Crippen LogP contribution >= 0.6 is 0 Å². The molecule has 1 atom stereocenters. The minimum Gasteiger partial charge on any atom is -0.493 e. The average Bonchev–Trinajstić information content (AvgIpc) is 2.60. The molecule has 2 aromatic carbocycles. The molecule has 2 N–H and O–H groups in total. The second-order valence-corrected chi connectivity index (χ2v) is 6.06. The smallest absolute Gasteiger partial charge is 0.161 e. The number of aryl methyl sites for hydroxylation is 1. The van der Waals surface area contributed by atoms with Crippen LogP contribution in [-0.4, -0.2) is 13.7 Å². The van der Waals surface area contributed by atoms with Gasteiger partial charge in [0.1, 0.15) is 12.6 Å². The van der Waals surface area contributed by atoms with Gasteiger partial charge in [-0.2, -0.15) is 0 Å². The van der Waals surface area contributed by atoms with Crippen LogP contribution in [0.5, 0.6) is 11.5 Å². The molecule has 0 aliphatic heterocycles. The third kappa shape index (κ3) is 3.67. The highest BCUT2D eigenvalue weighted by Crippen LogP contribution is 2.29. The summed E-state index contributed by atoms with van der Waals surface area (Å²) < 4.78 is 11.0. The van der Waals surface area contributed by atoms with Gasteiger partial charge >= 0.3 is 0 Å². The molecule has 0 saturated carbocycles. The molecule has 2 aromatic rings. The molecular formula is C20H26NO2+. The summed E-state index contributed by atoms with van der Waals surface area (Å²) >= 11 is 0. The van der Waals surface area contributed by atoms with E-state index in [-0.39, 0.29) is 0 Å². The van der Waals surface area contributed by atoms with Gasteiger partial charge in [-0.05, 0) is 43.5 Å². The largest absolute Gasteiger partial charge is 0.493 e. The summed E-state index contributed by atoms with van der Waals surface area (Å²) in [6.45, 7) is 3.61. The summed E-state index contributed by atoms with van der Waals surface area (Å²) in [7, 11) is 1.68. The molecule has 3 heteroatoms. The van der Waals surface area contributed by atoms with Gasteiger partial charge in [0, 0.05) is 17.5 Å². The maximum atomic E-state index is 5.68. The van der Waals surface area contributed by atoms with Crippen molar-refractivity contribution in [1.82, 2.24) is 0 Å². The van der Waals surface area contributed by atoms with Crippen molar-refractivity contribution in [3.63, 3.8) is 0 Å². The summed E-state index contributed by atoms with van der Waals surface area (Å²) in [5, 5.41) is 2.45. The Hall–Kier alpha value is -2.00. The van der Waals surface area contributed by atoms with E-state index in [2.05, 4.69) is 41.7 Å². The van der Waals surface area contributed by atoms with E-state index < -0.39 is 0 Å². The lowest BCUT2D eigenvalue weighted by Crippen LogP contribution is -2.84. The van der Waals surface area contributed by atoms with Crippen LogP contribution < -0.4 is 14.8 Å². The van der Waals surface area contributed by atoms with Gasteiger partial charge < -0.3 is 14.8 Å². The van der Waals surface area contributed by atoms with Crippen LogP contribution in [0.2, 0.25) is 0 Å². The highest BCUT2D eigenvalue weighted by atomic mass is 16.5. The van der Waals surface area contributed by atoms with E-state index in [0.29, 0.717) is 12.6 Å². The monoisotopic (exact) mass is 312 g/mol. The molecule has 3 rings (SSSR count). The number of methoxy groups -OCH3 is 1. The number of benzene rings is 2. The predicted octanol–water partition coefficient (Wildman–Crippen LogP) is 3.23. The molecule has 23 heavy (non-hydrogen) atoms. The standard InChI is InChI=1S/C20H25NO2/c1-3-23-20-13-15(11-12-19(20)22-2)14-21-18-10-6-8-16-7-4-5-9-17(16)18/h4-5,7,9,11-13,18,21H,3,6,8,10,14H2,1-2H3/p+1/t18-/m0/s1. The van der Waals surface area contributed by atoms with Crippen LogP contribution in [0.4, 0.5) is 0 Å². The van der Waals surface area contributed by atoms with E-state index in [4.69, 9.17) is 9.47 Å². The fraction of sp³-hybridized carbons (Fsp3) is 0.400. The summed E-state index contributed by atoms with van der Waals surface area (Å²) in [5.74, 6) is 1.64. The minimum atomic E-state index is 0.567. The first kappa shape index (κ1) is 15.9. The van der Waals surface area contributed by atoms with E-state index in [9.17, 15) is 0 Å². The van der Waals surface area contributed by atoms with E-state index in [1.165, 1.54) is 36.0 Å². The first-order chi connectivity index (χ1) is 11.3. The summed E-state index contributed by atoms with van der Waals surface area (Å²) in [6.07, 6.45) is 3.76. The van der Waals surface area contributed by atoms with Crippen molar-refractivity contribution >= 4 is 0 Å². The van der Waals surface area contributed by atoms with Crippen LogP contribution in [0.25, 0.3) is 0 Å². The maximum Gasteiger partial charge on any atom is 0.161 e. The molecule has 0 unspecified atom stereocenters. The second kappa shape index (κ2) is 7.51. The van der Waals surface area contributed by atoms with Crippen molar-refractivity contribution in [2.24, 2.45) is 0 Å². The third-order valence-corrected chi connectivity index (χ3v) is 4.58. The molecule has 0 amide bonds. The van der Waals surface area contributed by atoms with Crippen molar-refractivity contribution in [1.29, 1.82) is 0 Å². The second-order valence-electron chi connectivity index (χ2n) is 6.06. The first-order valence-electron chi connectivity index (χ1n) is 8.52. The van der Waals surface area contributed by atoms with Gasteiger partial charge in [0.05, 0.1) is 13.7 Å². The van der Waals surface area contributed by atoms with Crippen LogP contribution in [0.1, 0.15) is 42.5 Å². The molecule has 0 saturated heterocycles. The topological polar surface area (TPSA) is 35.1 Å². The van der Waals surface area contributed by atoms with Crippen LogP contribution in [-0.2, 0) is 13.0 Å². The van der Waals surface area contributed by atoms with Crippen LogP contribution in [0.15, 0.2) is 42.5 Å². The molecule has 0 bridgehead atoms. The predicted molar refractivity (Wildman–Crippen MR) is 91.9 cm³/mol. The van der Waals surface area contributed by atoms with Gasteiger partial charge in [0.15, 0.2) is 11.5 Å². The Kier molecular flexibility index (Phi) is 5.19. The Bertz CT molecular complexity index is 654. The molecule has 0 spiro atoms. The molecule has 1 aliphatic carbocycles. The van der Waals surface area contributed by atoms with Gasteiger partial charge in [-0.1, -0.05) is 24.3 Å². The van der Waals surface area contributed by atoms with Crippen molar-refractivity contribution in [3.05, 3.63) is 59.2 Å². The number of ether oxygens (including phenoxy) is 2. The van der Waals surface area contributed by atoms with Crippen molar-refractivity contribution in [2.75, 3.05) is 13.7 Å². The Morgan fingerprint density at radius 1 is 1.13 bits per heavy atom. The molecule has 122 valence electrons. The number of nitrogens with two attached hydrogens (primary N) is 1. The van der Waals surface area contributed by atoms with Gasteiger partial charge in [0.2, 0.25) is 0 Å². The minimum absolute atomic E-state index is 0.567. The van der Waals surface area contributed by atoms with E-state index >= 15 is 0 Å². The SMILES string of the molecule is CCOc1cc(C[NH2+][C@H]2CCCc3ccccc32)ccc1OC.